The Bertz CT molecular complexity index is 576. The van der Waals surface area contributed by atoms with Gasteiger partial charge >= 0.3 is 0 Å². The van der Waals surface area contributed by atoms with Gasteiger partial charge in [0.2, 0.25) is 0 Å². The second kappa shape index (κ2) is 5.43. The van der Waals surface area contributed by atoms with E-state index in [1.807, 2.05) is 18.2 Å². The van der Waals surface area contributed by atoms with Crippen LogP contribution in [-0.2, 0) is 0 Å². The highest BCUT2D eigenvalue weighted by atomic mass is 79.9. The van der Waals surface area contributed by atoms with Gasteiger partial charge < -0.3 is 9.84 Å². The molecule has 1 unspecified atom stereocenters. The van der Waals surface area contributed by atoms with Gasteiger partial charge in [0.05, 0.1) is 0 Å². The Balaban J connectivity index is 1.85. The van der Waals surface area contributed by atoms with Crippen LogP contribution < -0.4 is 5.32 Å². The maximum absolute atomic E-state index is 5.39. The number of aryl methyl sites for hydroxylation is 1. The van der Waals surface area contributed by atoms with Gasteiger partial charge in [-0.3, -0.25) is 0 Å². The molecule has 1 atom stereocenters. The van der Waals surface area contributed by atoms with Gasteiger partial charge in [-0.05, 0) is 44.0 Å². The molecule has 0 amide bonds. The Morgan fingerprint density at radius 1 is 1.42 bits per heavy atom. The van der Waals surface area contributed by atoms with Gasteiger partial charge in [0.15, 0.2) is 5.82 Å². The predicted molar refractivity (Wildman–Crippen MR) is 77.0 cm³/mol. The van der Waals surface area contributed by atoms with Gasteiger partial charge in [-0.1, -0.05) is 27.2 Å². The van der Waals surface area contributed by atoms with Gasteiger partial charge in [-0.25, -0.2) is 0 Å². The largest absolute Gasteiger partial charge is 0.334 e. The molecule has 2 aromatic rings. The molecule has 19 heavy (non-hydrogen) atoms. The Morgan fingerprint density at radius 2 is 2.32 bits per heavy atom. The summed E-state index contributed by atoms with van der Waals surface area (Å²) in [7, 11) is 0. The topological polar surface area (TPSA) is 51.0 Å². The van der Waals surface area contributed by atoms with Crippen molar-refractivity contribution in [2.24, 2.45) is 0 Å². The van der Waals surface area contributed by atoms with Crippen molar-refractivity contribution >= 4 is 15.9 Å². The van der Waals surface area contributed by atoms with Crippen LogP contribution >= 0.6 is 15.9 Å². The summed E-state index contributed by atoms with van der Waals surface area (Å²) >= 11 is 3.53. The molecule has 1 aliphatic rings. The molecule has 100 valence electrons. The molecule has 1 aromatic heterocycles. The van der Waals surface area contributed by atoms with E-state index in [1.54, 1.807) is 0 Å². The fourth-order valence-corrected chi connectivity index (χ4v) is 2.69. The van der Waals surface area contributed by atoms with Gasteiger partial charge in [-0.15, -0.1) is 0 Å². The van der Waals surface area contributed by atoms with E-state index in [1.165, 1.54) is 12.0 Å². The smallest absolute Gasteiger partial charge is 0.257 e. The van der Waals surface area contributed by atoms with E-state index in [0.717, 1.165) is 35.4 Å². The molecule has 4 nitrogen and oxygen atoms in total. The first-order chi connectivity index (χ1) is 9.24. The Morgan fingerprint density at radius 3 is 3.05 bits per heavy atom. The number of halogens is 1. The van der Waals surface area contributed by atoms with Crippen molar-refractivity contribution in [2.45, 2.75) is 25.7 Å². The molecular weight excluding hydrogens is 306 g/mol. The lowest BCUT2D eigenvalue weighted by atomic mass is 9.99. The maximum Gasteiger partial charge on any atom is 0.257 e. The van der Waals surface area contributed by atoms with Crippen LogP contribution in [-0.4, -0.2) is 23.2 Å². The van der Waals surface area contributed by atoms with Crippen LogP contribution in [0.15, 0.2) is 27.2 Å². The molecule has 1 aliphatic heterocycles. The minimum absolute atomic E-state index is 0.375. The Hall–Kier alpha value is -1.20. The number of nitrogens with zero attached hydrogens (tertiary/aromatic N) is 2. The standard InChI is InChI=1S/C14H16BrN3O/c1-9-4-5-10(7-12(9)15)14-17-13(18-19-14)11-3-2-6-16-8-11/h4-5,7,11,16H,2-3,6,8H2,1H3. The number of rotatable bonds is 2. The quantitative estimate of drug-likeness (QED) is 0.922. The highest BCUT2D eigenvalue weighted by molar-refractivity contribution is 9.10. The highest BCUT2D eigenvalue weighted by Gasteiger charge is 2.21. The number of hydrogen-bond donors (Lipinski definition) is 1. The van der Waals surface area contributed by atoms with E-state index < -0.39 is 0 Å². The fraction of sp³-hybridized carbons (Fsp3) is 0.429. The van der Waals surface area contributed by atoms with Gasteiger partial charge in [0.25, 0.3) is 5.89 Å². The van der Waals surface area contributed by atoms with E-state index in [0.29, 0.717) is 11.8 Å². The maximum atomic E-state index is 5.39. The third-order valence-electron chi connectivity index (χ3n) is 3.52. The van der Waals surface area contributed by atoms with Gasteiger partial charge in [0, 0.05) is 22.5 Å². The van der Waals surface area contributed by atoms with Crippen molar-refractivity contribution in [3.05, 3.63) is 34.1 Å². The summed E-state index contributed by atoms with van der Waals surface area (Å²) in [4.78, 5) is 4.54. The summed E-state index contributed by atoms with van der Waals surface area (Å²) in [5.41, 5.74) is 2.15. The molecule has 0 bridgehead atoms. The van der Waals surface area contributed by atoms with Crippen molar-refractivity contribution in [1.82, 2.24) is 15.5 Å². The number of nitrogens with one attached hydrogen (secondary N) is 1. The zero-order valence-electron chi connectivity index (χ0n) is 10.8. The van der Waals surface area contributed by atoms with Crippen LogP contribution in [0.4, 0.5) is 0 Å². The molecule has 2 heterocycles. The lowest BCUT2D eigenvalue weighted by molar-refractivity contribution is 0.393. The average molecular weight is 322 g/mol. The molecule has 0 saturated carbocycles. The van der Waals surface area contributed by atoms with E-state index in [9.17, 15) is 0 Å². The zero-order valence-corrected chi connectivity index (χ0v) is 12.4. The van der Waals surface area contributed by atoms with E-state index >= 15 is 0 Å². The number of hydrogen-bond acceptors (Lipinski definition) is 4. The van der Waals surface area contributed by atoms with Crippen LogP contribution in [0.25, 0.3) is 11.5 Å². The van der Waals surface area contributed by atoms with E-state index in [2.05, 4.69) is 38.3 Å². The fourth-order valence-electron chi connectivity index (χ4n) is 2.32. The molecule has 5 heteroatoms. The van der Waals surface area contributed by atoms with Crippen molar-refractivity contribution in [2.75, 3.05) is 13.1 Å². The first kappa shape index (κ1) is 12.8. The molecule has 0 aliphatic carbocycles. The molecule has 0 spiro atoms. The molecule has 1 aromatic carbocycles. The molecule has 1 fully saturated rings. The summed E-state index contributed by atoms with van der Waals surface area (Å²) in [5, 5.41) is 7.50. The van der Waals surface area contributed by atoms with E-state index in [4.69, 9.17) is 4.52 Å². The molecule has 0 radical (unpaired) electrons. The Labute approximate surface area is 120 Å². The first-order valence-electron chi connectivity index (χ1n) is 6.55. The minimum Gasteiger partial charge on any atom is -0.334 e. The monoisotopic (exact) mass is 321 g/mol. The van der Waals surface area contributed by atoms with Crippen LogP contribution in [0.3, 0.4) is 0 Å². The third kappa shape index (κ3) is 2.72. The second-order valence-electron chi connectivity index (χ2n) is 4.96. The molecule has 1 N–H and O–H groups in total. The summed E-state index contributed by atoms with van der Waals surface area (Å²) in [5.74, 6) is 1.79. The number of benzene rings is 1. The molecule has 3 rings (SSSR count). The van der Waals surface area contributed by atoms with Crippen molar-refractivity contribution in [1.29, 1.82) is 0 Å². The molecule has 1 saturated heterocycles. The normalized spacial score (nSPS) is 19.6. The van der Waals surface area contributed by atoms with Crippen LogP contribution in [0.2, 0.25) is 0 Å². The lowest BCUT2D eigenvalue weighted by Crippen LogP contribution is -2.28. The van der Waals surface area contributed by atoms with Crippen molar-refractivity contribution < 1.29 is 4.52 Å². The zero-order chi connectivity index (χ0) is 13.2. The third-order valence-corrected chi connectivity index (χ3v) is 4.38. The van der Waals surface area contributed by atoms with Gasteiger partial charge in [0.1, 0.15) is 0 Å². The predicted octanol–water partition coefficient (Wildman–Crippen LogP) is 3.27. The number of aromatic nitrogens is 2. The summed E-state index contributed by atoms with van der Waals surface area (Å²) in [6.45, 7) is 4.09. The lowest BCUT2D eigenvalue weighted by Gasteiger charge is -2.19. The minimum atomic E-state index is 0.375. The van der Waals surface area contributed by atoms with Crippen LogP contribution in [0.1, 0.15) is 30.1 Å². The summed E-state index contributed by atoms with van der Waals surface area (Å²) in [6.07, 6.45) is 2.30. The Kier molecular flexibility index (Phi) is 3.66. The molecular formula is C14H16BrN3O. The van der Waals surface area contributed by atoms with Crippen molar-refractivity contribution in [3.8, 4) is 11.5 Å². The van der Waals surface area contributed by atoms with Crippen molar-refractivity contribution in [3.63, 3.8) is 0 Å². The average Bonchev–Trinajstić information content (AvgIpc) is 2.93. The first-order valence-corrected chi connectivity index (χ1v) is 7.34. The summed E-state index contributed by atoms with van der Waals surface area (Å²) in [6, 6.07) is 6.08. The summed E-state index contributed by atoms with van der Waals surface area (Å²) < 4.78 is 6.45. The van der Waals surface area contributed by atoms with Crippen LogP contribution in [0.5, 0.6) is 0 Å². The SMILES string of the molecule is Cc1ccc(-c2nc(C3CCCNC3)no2)cc1Br. The highest BCUT2D eigenvalue weighted by Crippen LogP contribution is 2.27. The van der Waals surface area contributed by atoms with Crippen LogP contribution in [0, 0.1) is 6.92 Å². The second-order valence-corrected chi connectivity index (χ2v) is 5.82. The number of piperidine rings is 1. The van der Waals surface area contributed by atoms with E-state index in [-0.39, 0.29) is 0 Å². The van der Waals surface area contributed by atoms with Gasteiger partial charge in [-0.2, -0.15) is 4.98 Å².